The van der Waals surface area contributed by atoms with E-state index in [-0.39, 0.29) is 35.7 Å². The van der Waals surface area contributed by atoms with Gasteiger partial charge in [-0.2, -0.15) is 9.97 Å². The Morgan fingerprint density at radius 2 is 1.96 bits per heavy atom. The van der Waals surface area contributed by atoms with E-state index in [0.717, 1.165) is 0 Å². The number of phenols is 2. The first-order valence-corrected chi connectivity index (χ1v) is 9.28. The number of nitrogens with zero attached hydrogens (tertiary/aromatic N) is 5. The molecule has 5 N–H and O–H groups in total. The number of aliphatic hydroxyl groups excluding tert-OH is 1. The van der Waals surface area contributed by atoms with Crippen LogP contribution in [0, 0.1) is 0 Å². The lowest BCUT2D eigenvalue weighted by atomic mass is 10.2. The van der Waals surface area contributed by atoms with E-state index < -0.39 is 0 Å². The van der Waals surface area contributed by atoms with Crippen molar-refractivity contribution < 1.29 is 15.3 Å². The Labute approximate surface area is 166 Å². The van der Waals surface area contributed by atoms with Crippen LogP contribution in [0.2, 0.25) is 5.02 Å². The number of aryl methyl sites for hydroxylation is 1. The van der Waals surface area contributed by atoms with Crippen molar-refractivity contribution >= 4 is 34.5 Å². The molecule has 3 rings (SSSR count). The molecular formula is C17H22ClN7O3. The van der Waals surface area contributed by atoms with Crippen LogP contribution >= 0.6 is 11.6 Å². The Balaban J connectivity index is 1.95. The third kappa shape index (κ3) is 3.87. The number of phenolic OH excluding ortho intramolecular Hbond substituents is 2. The number of nitrogens with one attached hydrogen (secondary N) is 2. The van der Waals surface area contributed by atoms with Gasteiger partial charge < -0.3 is 26.0 Å². The average molecular weight is 408 g/mol. The summed E-state index contributed by atoms with van der Waals surface area (Å²) in [7, 11) is 0. The van der Waals surface area contributed by atoms with Crippen molar-refractivity contribution in [2.45, 2.75) is 39.4 Å². The molecule has 28 heavy (non-hydrogen) atoms. The fourth-order valence-electron chi connectivity index (χ4n) is 2.63. The van der Waals surface area contributed by atoms with Crippen LogP contribution in [0.3, 0.4) is 0 Å². The molecular weight excluding hydrogens is 386 g/mol. The summed E-state index contributed by atoms with van der Waals surface area (Å²) in [5.41, 5.74) is 1.45. The summed E-state index contributed by atoms with van der Waals surface area (Å²) in [6.07, 6.45) is 0.698. The zero-order valence-corrected chi connectivity index (χ0v) is 16.3. The van der Waals surface area contributed by atoms with Crippen molar-refractivity contribution in [3.63, 3.8) is 0 Å². The van der Waals surface area contributed by atoms with E-state index in [1.807, 2.05) is 13.8 Å². The minimum atomic E-state index is -0.373. The molecule has 150 valence electrons. The van der Waals surface area contributed by atoms with Crippen LogP contribution in [0.5, 0.6) is 11.5 Å². The Bertz CT molecular complexity index is 975. The van der Waals surface area contributed by atoms with Gasteiger partial charge in [0.05, 0.1) is 17.7 Å². The molecule has 0 radical (unpaired) electrons. The molecule has 0 fully saturated rings. The van der Waals surface area contributed by atoms with E-state index in [1.54, 1.807) is 10.7 Å². The van der Waals surface area contributed by atoms with Crippen LogP contribution in [0.15, 0.2) is 12.1 Å². The van der Waals surface area contributed by atoms with Crippen LogP contribution < -0.4 is 10.6 Å². The maximum Gasteiger partial charge on any atom is 0.227 e. The predicted octanol–water partition coefficient (Wildman–Crippen LogP) is 2.10. The number of aliphatic hydroxyl groups is 1. The Morgan fingerprint density at radius 3 is 2.64 bits per heavy atom. The molecule has 0 aliphatic rings. The summed E-state index contributed by atoms with van der Waals surface area (Å²) >= 11 is 5.80. The normalized spacial score (nSPS) is 12.3. The molecule has 3 aromatic rings. The first-order chi connectivity index (χ1) is 13.5. The molecule has 0 aliphatic heterocycles. The Hall–Kier alpha value is -2.85. The second-order valence-electron chi connectivity index (χ2n) is 6.16. The van der Waals surface area contributed by atoms with Gasteiger partial charge in [0.25, 0.3) is 0 Å². The van der Waals surface area contributed by atoms with E-state index in [9.17, 15) is 15.3 Å². The number of aromatic hydroxyl groups is 2. The van der Waals surface area contributed by atoms with Gasteiger partial charge in [-0.15, -0.1) is 5.10 Å². The standard InChI is InChI=1S/C17H22ClN7O3/c1-3-10(8-26)20-17-21-15(12-16(22-17)25(4-2)24-23-12)19-7-9-5-6-11(18)14(28)13(9)27/h5-6,10,26-28H,3-4,7-8H2,1-2H3,(H2,19,20,21,22). The first-order valence-electron chi connectivity index (χ1n) is 8.90. The van der Waals surface area contributed by atoms with E-state index in [1.165, 1.54) is 6.07 Å². The highest BCUT2D eigenvalue weighted by molar-refractivity contribution is 6.32. The number of aromatic nitrogens is 5. The molecule has 1 atom stereocenters. The number of benzene rings is 1. The highest BCUT2D eigenvalue weighted by Crippen LogP contribution is 2.36. The monoisotopic (exact) mass is 407 g/mol. The van der Waals surface area contributed by atoms with Gasteiger partial charge >= 0.3 is 0 Å². The topological polar surface area (TPSA) is 141 Å². The molecule has 11 heteroatoms. The van der Waals surface area contributed by atoms with E-state index in [0.29, 0.717) is 41.5 Å². The highest BCUT2D eigenvalue weighted by Gasteiger charge is 2.17. The second-order valence-corrected chi connectivity index (χ2v) is 6.57. The number of halogens is 1. The summed E-state index contributed by atoms with van der Waals surface area (Å²) < 4.78 is 1.64. The van der Waals surface area contributed by atoms with Crippen LogP contribution in [0.4, 0.5) is 11.8 Å². The molecule has 0 saturated heterocycles. The molecule has 0 aliphatic carbocycles. The van der Waals surface area contributed by atoms with Crippen molar-refractivity contribution in [2.75, 3.05) is 17.2 Å². The number of anilines is 2. The van der Waals surface area contributed by atoms with Crippen molar-refractivity contribution in [2.24, 2.45) is 0 Å². The molecule has 0 spiro atoms. The Morgan fingerprint density at radius 1 is 1.18 bits per heavy atom. The summed E-state index contributed by atoms with van der Waals surface area (Å²) in [5.74, 6) is 0.0684. The largest absolute Gasteiger partial charge is 0.504 e. The van der Waals surface area contributed by atoms with Gasteiger partial charge in [-0.05, 0) is 19.4 Å². The molecule has 10 nitrogen and oxygen atoms in total. The van der Waals surface area contributed by atoms with Crippen LogP contribution in [-0.2, 0) is 13.1 Å². The van der Waals surface area contributed by atoms with Gasteiger partial charge in [-0.25, -0.2) is 4.68 Å². The number of fused-ring (bicyclic) bond motifs is 1. The van der Waals surface area contributed by atoms with Gasteiger partial charge in [0.2, 0.25) is 5.95 Å². The van der Waals surface area contributed by atoms with Crippen molar-refractivity contribution in [3.05, 3.63) is 22.7 Å². The quantitative estimate of drug-likeness (QED) is 0.355. The third-order valence-electron chi connectivity index (χ3n) is 4.34. The zero-order valence-electron chi connectivity index (χ0n) is 15.5. The van der Waals surface area contributed by atoms with Crippen LogP contribution in [0.1, 0.15) is 25.8 Å². The number of hydrogen-bond donors (Lipinski definition) is 5. The molecule has 2 aromatic heterocycles. The van der Waals surface area contributed by atoms with E-state index >= 15 is 0 Å². The fourth-order valence-corrected chi connectivity index (χ4v) is 2.79. The predicted molar refractivity (Wildman–Crippen MR) is 106 cm³/mol. The SMILES string of the molecule is CCC(CO)Nc1nc(NCc2ccc(Cl)c(O)c2O)c2nnn(CC)c2n1. The maximum atomic E-state index is 10.1. The smallest absolute Gasteiger partial charge is 0.227 e. The highest BCUT2D eigenvalue weighted by atomic mass is 35.5. The van der Waals surface area contributed by atoms with Gasteiger partial charge in [-0.1, -0.05) is 29.8 Å². The van der Waals surface area contributed by atoms with Gasteiger partial charge in [0.1, 0.15) is 0 Å². The lowest BCUT2D eigenvalue weighted by Crippen LogP contribution is -2.24. The molecule has 0 amide bonds. The summed E-state index contributed by atoms with van der Waals surface area (Å²) in [6.45, 7) is 4.56. The van der Waals surface area contributed by atoms with Gasteiger partial charge in [0.15, 0.2) is 28.5 Å². The van der Waals surface area contributed by atoms with E-state index in [4.69, 9.17) is 11.6 Å². The maximum absolute atomic E-state index is 10.1. The third-order valence-corrected chi connectivity index (χ3v) is 4.65. The van der Waals surface area contributed by atoms with Crippen molar-refractivity contribution in [3.8, 4) is 11.5 Å². The van der Waals surface area contributed by atoms with Crippen molar-refractivity contribution in [1.29, 1.82) is 0 Å². The van der Waals surface area contributed by atoms with Crippen molar-refractivity contribution in [1.82, 2.24) is 25.0 Å². The molecule has 2 heterocycles. The minimum absolute atomic E-state index is 0.0517. The van der Waals surface area contributed by atoms with Crippen LogP contribution in [-0.4, -0.2) is 52.9 Å². The summed E-state index contributed by atoms with van der Waals surface area (Å²) in [5, 5.41) is 43.8. The van der Waals surface area contributed by atoms with E-state index in [2.05, 4.69) is 30.9 Å². The Kier molecular flexibility index (Phi) is 6.00. The molecule has 0 saturated carbocycles. The first kappa shape index (κ1) is 19.9. The van der Waals surface area contributed by atoms with Gasteiger partial charge in [-0.3, -0.25) is 0 Å². The van der Waals surface area contributed by atoms with Gasteiger partial charge in [0, 0.05) is 18.7 Å². The molecule has 1 unspecified atom stereocenters. The average Bonchev–Trinajstić information content (AvgIpc) is 3.12. The minimum Gasteiger partial charge on any atom is -0.504 e. The number of rotatable bonds is 8. The number of hydrogen-bond acceptors (Lipinski definition) is 9. The molecule has 1 aromatic carbocycles. The lowest BCUT2D eigenvalue weighted by molar-refractivity contribution is 0.271. The molecule has 0 bridgehead atoms. The summed E-state index contributed by atoms with van der Waals surface area (Å²) in [6, 6.07) is 2.91. The second kappa shape index (κ2) is 8.44. The lowest BCUT2D eigenvalue weighted by Gasteiger charge is -2.15. The zero-order chi connectivity index (χ0) is 20.3. The fraction of sp³-hybridized carbons (Fsp3) is 0.412. The summed E-state index contributed by atoms with van der Waals surface area (Å²) in [4.78, 5) is 8.90. The van der Waals surface area contributed by atoms with Crippen LogP contribution in [0.25, 0.3) is 11.2 Å².